The van der Waals surface area contributed by atoms with Gasteiger partial charge in [-0.25, -0.2) is 0 Å². The molecule has 2 aromatic rings. The SMILES string of the molecule is CSc1[s+]sc2c1-c1cc(C)ccc1NC2(C)C.[Br-]. The number of halogens is 1. The quantitative estimate of drug-likeness (QED) is 0.468. The summed E-state index contributed by atoms with van der Waals surface area (Å²) in [6.45, 7) is 6.69. The van der Waals surface area contributed by atoms with Gasteiger partial charge in [0.05, 0.1) is 11.1 Å². The van der Waals surface area contributed by atoms with Gasteiger partial charge in [0.1, 0.15) is 4.88 Å². The highest BCUT2D eigenvalue weighted by atomic mass is 79.9. The molecule has 1 aliphatic rings. The van der Waals surface area contributed by atoms with Crippen LogP contribution in [0.25, 0.3) is 11.1 Å². The van der Waals surface area contributed by atoms with Crippen LogP contribution in [-0.4, -0.2) is 6.26 Å². The summed E-state index contributed by atoms with van der Waals surface area (Å²) >= 11 is 1.86. The number of hydrogen-bond acceptors (Lipinski definition) is 3. The van der Waals surface area contributed by atoms with Crippen molar-refractivity contribution in [2.24, 2.45) is 0 Å². The fraction of sp³-hybridized carbons (Fsp3) is 0.357. The van der Waals surface area contributed by atoms with Crippen LogP contribution in [0, 0.1) is 6.92 Å². The van der Waals surface area contributed by atoms with Gasteiger partial charge in [0.15, 0.2) is 10.3 Å². The lowest BCUT2D eigenvalue weighted by atomic mass is 9.89. The lowest BCUT2D eigenvalue weighted by Gasteiger charge is -2.32. The second-order valence-electron chi connectivity index (χ2n) is 5.16. The van der Waals surface area contributed by atoms with Gasteiger partial charge in [-0.3, -0.25) is 0 Å². The molecular weight excluding hydrogens is 358 g/mol. The molecule has 0 saturated carbocycles. The van der Waals surface area contributed by atoms with Crippen LogP contribution in [0.1, 0.15) is 24.3 Å². The predicted octanol–water partition coefficient (Wildman–Crippen LogP) is 2.45. The Kier molecular flexibility index (Phi) is 4.31. The van der Waals surface area contributed by atoms with Gasteiger partial charge in [-0.05, 0) is 39.2 Å². The maximum absolute atomic E-state index is 3.66. The molecule has 0 fully saturated rings. The molecule has 0 radical (unpaired) electrons. The highest BCUT2D eigenvalue weighted by Crippen LogP contribution is 2.52. The molecule has 0 spiro atoms. The van der Waals surface area contributed by atoms with Crippen molar-refractivity contribution >= 4 is 38.1 Å². The Morgan fingerprint density at radius 2 is 2.05 bits per heavy atom. The lowest BCUT2D eigenvalue weighted by molar-refractivity contribution is -0.00000382. The number of fused-ring (bicyclic) bond motifs is 3. The van der Waals surface area contributed by atoms with E-state index in [0.717, 1.165) is 0 Å². The van der Waals surface area contributed by atoms with Gasteiger partial charge < -0.3 is 22.3 Å². The molecule has 1 nitrogen and oxygen atoms in total. The molecule has 102 valence electrons. The van der Waals surface area contributed by atoms with Crippen LogP contribution in [0.3, 0.4) is 0 Å². The second-order valence-corrected chi connectivity index (χ2v) is 8.39. The summed E-state index contributed by atoms with van der Waals surface area (Å²) in [6.07, 6.45) is 2.17. The zero-order chi connectivity index (χ0) is 12.9. The van der Waals surface area contributed by atoms with Crippen molar-refractivity contribution in [1.29, 1.82) is 0 Å². The van der Waals surface area contributed by atoms with Crippen molar-refractivity contribution in [3.63, 3.8) is 0 Å². The number of rotatable bonds is 1. The van der Waals surface area contributed by atoms with E-state index >= 15 is 0 Å². The van der Waals surface area contributed by atoms with Crippen molar-refractivity contribution in [2.45, 2.75) is 30.5 Å². The smallest absolute Gasteiger partial charge is 0.308 e. The van der Waals surface area contributed by atoms with Crippen LogP contribution in [-0.2, 0) is 5.54 Å². The van der Waals surface area contributed by atoms with E-state index in [2.05, 4.69) is 50.5 Å². The Balaban J connectivity index is 0.00000133. The fourth-order valence-electron chi connectivity index (χ4n) is 2.41. The number of benzene rings is 1. The third kappa shape index (κ3) is 2.46. The molecule has 5 heteroatoms. The number of aryl methyl sites for hydroxylation is 1. The topological polar surface area (TPSA) is 12.0 Å². The number of thioether (sulfide) groups is 1. The first-order valence-electron chi connectivity index (χ1n) is 5.93. The minimum Gasteiger partial charge on any atom is -1.00 e. The molecule has 0 atom stereocenters. The second kappa shape index (κ2) is 5.35. The van der Waals surface area contributed by atoms with E-state index in [4.69, 9.17) is 0 Å². The molecule has 1 aromatic heterocycles. The molecule has 3 rings (SSSR count). The highest BCUT2D eigenvalue weighted by molar-refractivity contribution is 8.02. The number of nitrogens with one attached hydrogen (secondary N) is 1. The van der Waals surface area contributed by atoms with Crippen LogP contribution < -0.4 is 22.3 Å². The van der Waals surface area contributed by atoms with Crippen LogP contribution >= 0.6 is 32.4 Å². The maximum Gasteiger partial charge on any atom is 0.308 e. The van der Waals surface area contributed by atoms with E-state index in [1.807, 2.05) is 32.4 Å². The minimum atomic E-state index is 0. The van der Waals surface area contributed by atoms with E-state index in [0.29, 0.717) is 0 Å². The third-order valence-corrected chi connectivity index (χ3v) is 7.49. The standard InChI is InChI=1S/C14H16NS3.BrH/c1-8-5-6-10-9(7-8)11-12(14(2,3)15-10)17-18-13(11)16-4;/h5-7,15H,1-4H3;1H/q+1;/p-1. The molecule has 1 aliphatic heterocycles. The van der Waals surface area contributed by atoms with E-state index in [9.17, 15) is 0 Å². The molecule has 0 saturated heterocycles. The Hall–Kier alpha value is -0.100. The molecule has 1 N–H and O–H groups in total. The summed E-state index contributed by atoms with van der Waals surface area (Å²) in [4.78, 5) is 1.47. The minimum absolute atomic E-state index is 0. The first kappa shape index (κ1) is 15.3. The van der Waals surface area contributed by atoms with Crippen molar-refractivity contribution in [3.8, 4) is 11.1 Å². The Bertz CT molecular complexity index is 619. The van der Waals surface area contributed by atoms with Gasteiger partial charge in [0.2, 0.25) is 0 Å². The van der Waals surface area contributed by atoms with Gasteiger partial charge in [-0.15, -0.1) is 0 Å². The molecule has 0 amide bonds. The molecule has 0 aliphatic carbocycles. The Labute approximate surface area is 136 Å². The largest absolute Gasteiger partial charge is 1.00 e. The van der Waals surface area contributed by atoms with Crippen LogP contribution in [0.2, 0.25) is 0 Å². The molecule has 0 unspecified atom stereocenters. The predicted molar refractivity (Wildman–Crippen MR) is 85.2 cm³/mol. The van der Waals surface area contributed by atoms with E-state index in [-0.39, 0.29) is 22.5 Å². The summed E-state index contributed by atoms with van der Waals surface area (Å²) in [7, 11) is 3.81. The zero-order valence-electron chi connectivity index (χ0n) is 11.3. The first-order valence-corrected chi connectivity index (χ1v) is 9.30. The summed E-state index contributed by atoms with van der Waals surface area (Å²) in [6, 6.07) is 6.69. The van der Waals surface area contributed by atoms with E-state index < -0.39 is 0 Å². The van der Waals surface area contributed by atoms with Crippen molar-refractivity contribution in [3.05, 3.63) is 28.6 Å². The van der Waals surface area contributed by atoms with Gasteiger partial charge >= 0.3 is 10.3 Å². The third-order valence-electron chi connectivity index (χ3n) is 3.28. The maximum atomic E-state index is 3.66. The molecule has 2 heterocycles. The lowest BCUT2D eigenvalue weighted by Crippen LogP contribution is -3.00. The highest BCUT2D eigenvalue weighted by Gasteiger charge is 2.39. The van der Waals surface area contributed by atoms with Crippen molar-refractivity contribution in [1.82, 2.24) is 0 Å². The monoisotopic (exact) mass is 373 g/mol. The molecule has 0 bridgehead atoms. The van der Waals surface area contributed by atoms with Crippen LogP contribution in [0.5, 0.6) is 0 Å². The van der Waals surface area contributed by atoms with Gasteiger partial charge in [0, 0.05) is 11.3 Å². The molecular formula is C14H16BrNS3. The fourth-order valence-corrected chi connectivity index (χ4v) is 6.76. The van der Waals surface area contributed by atoms with Crippen LogP contribution in [0.4, 0.5) is 5.69 Å². The summed E-state index contributed by atoms with van der Waals surface area (Å²) < 4.78 is 1.44. The van der Waals surface area contributed by atoms with Gasteiger partial charge in [-0.2, -0.15) is 0 Å². The Morgan fingerprint density at radius 1 is 1.32 bits per heavy atom. The number of anilines is 1. The average Bonchev–Trinajstić information content (AvgIpc) is 2.75. The van der Waals surface area contributed by atoms with E-state index in [1.165, 1.54) is 31.5 Å². The summed E-state index contributed by atoms with van der Waals surface area (Å²) in [5, 5.41) is 3.66. The van der Waals surface area contributed by atoms with Crippen molar-refractivity contribution in [2.75, 3.05) is 11.6 Å². The van der Waals surface area contributed by atoms with Crippen LogP contribution in [0.15, 0.2) is 22.4 Å². The van der Waals surface area contributed by atoms with Gasteiger partial charge in [-0.1, -0.05) is 23.4 Å². The summed E-state index contributed by atoms with van der Waals surface area (Å²) in [5.41, 5.74) is 5.45. The Morgan fingerprint density at radius 3 is 2.74 bits per heavy atom. The average molecular weight is 374 g/mol. The normalized spacial score (nSPS) is 14.9. The van der Waals surface area contributed by atoms with Gasteiger partial charge in [0.25, 0.3) is 4.21 Å². The zero-order valence-corrected chi connectivity index (χ0v) is 15.4. The molecule has 19 heavy (non-hydrogen) atoms. The first-order chi connectivity index (χ1) is 8.53. The van der Waals surface area contributed by atoms with Crippen molar-refractivity contribution < 1.29 is 17.0 Å². The van der Waals surface area contributed by atoms with E-state index in [1.54, 1.807) is 0 Å². The number of hydrogen-bond donors (Lipinski definition) is 1. The molecule has 1 aromatic carbocycles. The summed E-state index contributed by atoms with van der Waals surface area (Å²) in [5.74, 6) is 0.